The van der Waals surface area contributed by atoms with Gasteiger partial charge < -0.3 is 10.2 Å². The molecule has 0 bridgehead atoms. The van der Waals surface area contributed by atoms with Gasteiger partial charge in [0.25, 0.3) is 5.91 Å². The highest BCUT2D eigenvalue weighted by molar-refractivity contribution is 7.19. The predicted octanol–water partition coefficient (Wildman–Crippen LogP) is 3.80. The van der Waals surface area contributed by atoms with Crippen LogP contribution in [-0.2, 0) is 0 Å². The van der Waals surface area contributed by atoms with Gasteiger partial charge in [0.2, 0.25) is 5.95 Å². The van der Waals surface area contributed by atoms with E-state index in [1.54, 1.807) is 17.5 Å². The second-order valence-electron chi connectivity index (χ2n) is 6.62. The number of nitrogens with one attached hydrogen (secondary N) is 1. The van der Waals surface area contributed by atoms with Crippen molar-refractivity contribution in [1.82, 2.24) is 19.9 Å². The molecule has 6 nitrogen and oxygen atoms in total. The molecule has 4 heterocycles. The fraction of sp³-hybridized carbons (Fsp3) is 0.368. The predicted molar refractivity (Wildman–Crippen MR) is 104 cm³/mol. The molecule has 1 aliphatic heterocycles. The molecule has 1 unspecified atom stereocenters. The highest BCUT2D eigenvalue weighted by atomic mass is 32.1. The average molecular weight is 367 g/mol. The molecule has 1 aliphatic rings. The monoisotopic (exact) mass is 367 g/mol. The summed E-state index contributed by atoms with van der Waals surface area (Å²) in [7, 11) is 0. The number of pyridine rings is 1. The number of nitrogens with zero attached hydrogens (tertiary/aromatic N) is 4. The van der Waals surface area contributed by atoms with Crippen molar-refractivity contribution >= 4 is 33.4 Å². The Kier molecular flexibility index (Phi) is 4.55. The van der Waals surface area contributed by atoms with Gasteiger partial charge in [-0.15, -0.1) is 11.3 Å². The maximum Gasteiger partial charge on any atom is 0.274 e. The minimum Gasteiger partial charge on any atom is -0.348 e. The van der Waals surface area contributed by atoms with E-state index in [2.05, 4.69) is 20.3 Å². The molecule has 26 heavy (non-hydrogen) atoms. The summed E-state index contributed by atoms with van der Waals surface area (Å²) >= 11 is 1.58. The maximum absolute atomic E-state index is 13.0. The Bertz CT molecular complexity index is 934. The lowest BCUT2D eigenvalue weighted by Crippen LogP contribution is -2.28. The van der Waals surface area contributed by atoms with Crippen LogP contribution < -0.4 is 5.32 Å². The average Bonchev–Trinajstić information content (AvgIpc) is 3.30. The zero-order chi connectivity index (χ0) is 18.1. The lowest BCUT2D eigenvalue weighted by Gasteiger charge is -2.17. The van der Waals surface area contributed by atoms with Gasteiger partial charge in [-0.25, -0.2) is 9.97 Å². The summed E-state index contributed by atoms with van der Waals surface area (Å²) in [5.41, 5.74) is 2.38. The summed E-state index contributed by atoms with van der Waals surface area (Å²) in [6.07, 6.45) is 5.69. The van der Waals surface area contributed by atoms with Gasteiger partial charge in [0.05, 0.1) is 16.3 Å². The Hall–Kier alpha value is -2.54. The summed E-state index contributed by atoms with van der Waals surface area (Å²) < 4.78 is 0.874. The van der Waals surface area contributed by atoms with Crippen molar-refractivity contribution < 1.29 is 4.79 Å². The summed E-state index contributed by atoms with van der Waals surface area (Å²) in [6, 6.07) is 5.93. The lowest BCUT2D eigenvalue weighted by molar-refractivity contribution is 0.0789. The largest absolute Gasteiger partial charge is 0.348 e. The third kappa shape index (κ3) is 3.26. The van der Waals surface area contributed by atoms with Gasteiger partial charge in [0.15, 0.2) is 5.69 Å². The second-order valence-corrected chi connectivity index (χ2v) is 7.88. The van der Waals surface area contributed by atoms with Crippen molar-refractivity contribution in [2.75, 3.05) is 18.4 Å². The quantitative estimate of drug-likeness (QED) is 0.759. The topological polar surface area (TPSA) is 71.0 Å². The van der Waals surface area contributed by atoms with Crippen LogP contribution in [0.1, 0.15) is 46.7 Å². The molecule has 4 rings (SSSR count). The van der Waals surface area contributed by atoms with Crippen LogP contribution in [0.15, 0.2) is 30.6 Å². The summed E-state index contributed by atoms with van der Waals surface area (Å²) in [4.78, 5) is 29.4. The van der Waals surface area contributed by atoms with Crippen molar-refractivity contribution in [3.63, 3.8) is 0 Å². The molecule has 134 valence electrons. The molecule has 0 aliphatic carbocycles. The number of fused-ring (bicyclic) bond motifs is 1. The molecule has 1 saturated heterocycles. The Balaban J connectivity index is 1.70. The van der Waals surface area contributed by atoms with Gasteiger partial charge in [-0.2, -0.15) is 0 Å². The molecular weight excluding hydrogens is 346 g/mol. The number of carbonyl (C=O) groups is 1. The van der Waals surface area contributed by atoms with Crippen LogP contribution in [0.4, 0.5) is 5.95 Å². The molecule has 1 fully saturated rings. The minimum atomic E-state index is -0.00405. The first-order valence-corrected chi connectivity index (χ1v) is 9.67. The number of likely N-dealkylation sites (tertiary alicyclic amines) is 1. The molecule has 0 radical (unpaired) electrons. The number of aromatic nitrogens is 3. The fourth-order valence-corrected chi connectivity index (χ4v) is 4.17. The van der Waals surface area contributed by atoms with Crippen molar-refractivity contribution in [1.29, 1.82) is 0 Å². The molecule has 1 atom stereocenters. The number of rotatable bonds is 4. The van der Waals surface area contributed by atoms with E-state index in [1.165, 1.54) is 0 Å². The molecule has 1 N–H and O–H groups in total. The number of carbonyl (C=O) groups excluding carboxylic acids is 1. The van der Waals surface area contributed by atoms with E-state index in [-0.39, 0.29) is 11.9 Å². The maximum atomic E-state index is 13.0. The minimum absolute atomic E-state index is 0.00405. The zero-order valence-corrected chi connectivity index (χ0v) is 15.7. The Morgan fingerprint density at radius 2 is 2.12 bits per heavy atom. The summed E-state index contributed by atoms with van der Waals surface area (Å²) in [5, 5.41) is 3.32. The third-order valence-electron chi connectivity index (χ3n) is 4.62. The van der Waals surface area contributed by atoms with Crippen molar-refractivity contribution in [3.8, 4) is 0 Å². The number of anilines is 1. The van der Waals surface area contributed by atoms with Crippen molar-refractivity contribution in [2.45, 2.75) is 32.7 Å². The van der Waals surface area contributed by atoms with Crippen molar-refractivity contribution in [2.24, 2.45) is 0 Å². The van der Waals surface area contributed by atoms with Gasteiger partial charge in [-0.1, -0.05) is 6.07 Å². The molecule has 1 amide bonds. The SMILES string of the molecule is Cc1cc2nc(NC(C)c3cccnc3)nc(C(=O)N3CCCC3)c2s1. The van der Waals surface area contributed by atoms with Gasteiger partial charge >= 0.3 is 0 Å². The number of thiophene rings is 1. The molecule has 3 aromatic rings. The first-order valence-electron chi connectivity index (χ1n) is 8.86. The van der Waals surface area contributed by atoms with E-state index in [4.69, 9.17) is 0 Å². The molecular formula is C19H21N5OS. The van der Waals surface area contributed by atoms with Gasteiger partial charge in [0, 0.05) is 30.4 Å². The fourth-order valence-electron chi connectivity index (χ4n) is 3.24. The second kappa shape index (κ2) is 6.99. The Morgan fingerprint density at radius 3 is 2.85 bits per heavy atom. The van der Waals surface area contributed by atoms with Crippen LogP contribution in [-0.4, -0.2) is 38.8 Å². The van der Waals surface area contributed by atoms with Gasteiger partial charge in [-0.05, 0) is 44.4 Å². The van der Waals surface area contributed by atoms with E-state index in [0.717, 1.165) is 46.6 Å². The van der Waals surface area contributed by atoms with Crippen LogP contribution in [0.5, 0.6) is 0 Å². The normalized spacial score (nSPS) is 15.4. The van der Waals surface area contributed by atoms with Gasteiger partial charge in [-0.3, -0.25) is 9.78 Å². The number of hydrogen-bond acceptors (Lipinski definition) is 6. The van der Waals surface area contributed by atoms with Crippen LogP contribution in [0.25, 0.3) is 10.2 Å². The zero-order valence-electron chi connectivity index (χ0n) is 14.9. The van der Waals surface area contributed by atoms with Crippen LogP contribution in [0.3, 0.4) is 0 Å². The summed E-state index contributed by atoms with van der Waals surface area (Å²) in [5.74, 6) is 0.489. The molecule has 0 saturated carbocycles. The molecule has 0 aromatic carbocycles. The van der Waals surface area contributed by atoms with E-state index in [9.17, 15) is 4.79 Å². The Morgan fingerprint density at radius 1 is 1.31 bits per heavy atom. The van der Waals surface area contributed by atoms with Crippen molar-refractivity contribution in [3.05, 3.63) is 46.7 Å². The highest BCUT2D eigenvalue weighted by Gasteiger charge is 2.25. The summed E-state index contributed by atoms with van der Waals surface area (Å²) in [6.45, 7) is 5.68. The van der Waals surface area contributed by atoms with Crippen LogP contribution >= 0.6 is 11.3 Å². The van der Waals surface area contributed by atoms with E-state index < -0.39 is 0 Å². The number of amides is 1. The van der Waals surface area contributed by atoms with Gasteiger partial charge in [0.1, 0.15) is 0 Å². The van der Waals surface area contributed by atoms with E-state index in [0.29, 0.717) is 11.6 Å². The van der Waals surface area contributed by atoms with Crippen LogP contribution in [0, 0.1) is 6.92 Å². The van der Waals surface area contributed by atoms with Crippen LogP contribution in [0.2, 0.25) is 0 Å². The van der Waals surface area contributed by atoms with E-state index in [1.807, 2.05) is 43.1 Å². The third-order valence-corrected chi connectivity index (χ3v) is 5.67. The highest BCUT2D eigenvalue weighted by Crippen LogP contribution is 2.29. The molecule has 0 spiro atoms. The Labute approximate surface area is 156 Å². The smallest absolute Gasteiger partial charge is 0.274 e. The molecule has 7 heteroatoms. The standard InChI is InChI=1S/C19H21N5OS/c1-12-10-15-17(26-12)16(18(25)24-8-3-4-9-24)23-19(22-15)21-13(2)14-6-5-7-20-11-14/h5-7,10-11,13H,3-4,8-9H2,1-2H3,(H,21,22,23). The first-order chi connectivity index (χ1) is 12.6. The lowest BCUT2D eigenvalue weighted by atomic mass is 10.1. The first kappa shape index (κ1) is 16.9. The number of aryl methyl sites for hydroxylation is 1. The number of hydrogen-bond donors (Lipinski definition) is 1. The molecule has 3 aromatic heterocycles. The van der Waals surface area contributed by atoms with E-state index >= 15 is 0 Å².